The van der Waals surface area contributed by atoms with Crippen LogP contribution in [0, 0.1) is 3.57 Å². The standard InChI is InChI=1S/C24H21ClIN5O2S/c1-16(27)28-24(30-34(32,33)21-13-11-20(26)12-14-21)31-15-22(17-5-3-2-4-6-17)23(29-31)18-7-9-19(25)10-8-18/h2-14,22H,15H2,1H3,(H2,27,28,30). The van der Waals surface area contributed by atoms with Crippen molar-refractivity contribution in [1.82, 2.24) is 5.01 Å². The number of hydrogen-bond donors (Lipinski definition) is 1. The van der Waals surface area contributed by atoms with E-state index in [1.165, 1.54) is 17.1 Å². The molecule has 2 N–H and O–H groups in total. The van der Waals surface area contributed by atoms with Crippen molar-refractivity contribution < 1.29 is 8.42 Å². The minimum absolute atomic E-state index is 0.0657. The predicted octanol–water partition coefficient (Wildman–Crippen LogP) is 4.87. The van der Waals surface area contributed by atoms with Gasteiger partial charge in [0, 0.05) is 14.5 Å². The first-order valence-corrected chi connectivity index (χ1v) is 13.2. The van der Waals surface area contributed by atoms with Crippen LogP contribution in [0.2, 0.25) is 5.02 Å². The molecule has 0 aromatic heterocycles. The van der Waals surface area contributed by atoms with Crippen molar-refractivity contribution in [2.45, 2.75) is 17.7 Å². The molecule has 0 amide bonds. The summed E-state index contributed by atoms with van der Waals surface area (Å²) in [4.78, 5) is 4.28. The highest BCUT2D eigenvalue weighted by Crippen LogP contribution is 2.30. The van der Waals surface area contributed by atoms with Crippen LogP contribution in [-0.2, 0) is 10.0 Å². The summed E-state index contributed by atoms with van der Waals surface area (Å²) in [5, 5.41) is 6.84. The maximum absolute atomic E-state index is 13.0. The lowest BCUT2D eigenvalue weighted by Gasteiger charge is -2.16. The fourth-order valence-corrected chi connectivity index (χ4v) is 4.93. The van der Waals surface area contributed by atoms with Crippen LogP contribution in [0.15, 0.2) is 98.2 Å². The van der Waals surface area contributed by atoms with Crippen molar-refractivity contribution in [1.29, 1.82) is 0 Å². The molecular formula is C24H21ClIN5O2S. The van der Waals surface area contributed by atoms with Crippen LogP contribution < -0.4 is 5.73 Å². The molecule has 1 heterocycles. The quantitative estimate of drug-likeness (QED) is 0.261. The molecule has 0 fully saturated rings. The Hall–Kier alpha value is -2.76. The Kier molecular flexibility index (Phi) is 7.34. The van der Waals surface area contributed by atoms with Gasteiger partial charge in [-0.15, -0.1) is 4.40 Å². The molecule has 0 spiro atoms. The highest BCUT2D eigenvalue weighted by Gasteiger charge is 2.32. The fourth-order valence-electron chi connectivity index (χ4n) is 3.50. The minimum atomic E-state index is -4.04. The number of hydrogen-bond acceptors (Lipinski definition) is 3. The van der Waals surface area contributed by atoms with Crippen molar-refractivity contribution >= 4 is 61.7 Å². The van der Waals surface area contributed by atoms with Crippen LogP contribution in [0.25, 0.3) is 0 Å². The zero-order valence-corrected chi connectivity index (χ0v) is 21.9. The van der Waals surface area contributed by atoms with Gasteiger partial charge < -0.3 is 5.73 Å². The van der Waals surface area contributed by atoms with Crippen LogP contribution >= 0.6 is 34.2 Å². The van der Waals surface area contributed by atoms with E-state index in [4.69, 9.17) is 22.4 Å². The van der Waals surface area contributed by atoms with Gasteiger partial charge >= 0.3 is 0 Å². The predicted molar refractivity (Wildman–Crippen MR) is 145 cm³/mol. The molecule has 0 saturated carbocycles. The smallest absolute Gasteiger partial charge is 0.285 e. The number of sulfonamides is 1. The number of rotatable bonds is 4. The van der Waals surface area contributed by atoms with Gasteiger partial charge in [0.2, 0.25) is 0 Å². The maximum atomic E-state index is 13.0. The highest BCUT2D eigenvalue weighted by atomic mass is 127. The summed E-state index contributed by atoms with van der Waals surface area (Å²) in [6.45, 7) is 1.92. The molecule has 0 saturated heterocycles. The summed E-state index contributed by atoms with van der Waals surface area (Å²) in [6, 6.07) is 23.7. The van der Waals surface area contributed by atoms with Gasteiger partial charge in [0.15, 0.2) is 0 Å². The van der Waals surface area contributed by atoms with Crippen molar-refractivity contribution in [3.63, 3.8) is 0 Å². The number of hydrazone groups is 1. The number of halogens is 2. The van der Waals surface area contributed by atoms with Gasteiger partial charge in [0.05, 0.1) is 23.0 Å². The number of nitrogens with two attached hydrogens (primary N) is 1. The molecule has 1 aliphatic rings. The summed E-state index contributed by atoms with van der Waals surface area (Å²) in [5.41, 5.74) is 8.49. The molecule has 4 rings (SSSR count). The molecule has 174 valence electrons. The molecule has 1 aliphatic heterocycles. The van der Waals surface area contributed by atoms with Crippen LogP contribution in [0.4, 0.5) is 0 Å². The van der Waals surface area contributed by atoms with Crippen molar-refractivity contribution in [2.75, 3.05) is 6.54 Å². The molecule has 7 nitrogen and oxygen atoms in total. The van der Waals surface area contributed by atoms with E-state index < -0.39 is 10.0 Å². The largest absolute Gasteiger partial charge is 0.387 e. The Balaban J connectivity index is 1.80. The number of guanidine groups is 1. The fraction of sp³-hybridized carbons (Fsp3) is 0.125. The summed E-state index contributed by atoms with van der Waals surface area (Å²) in [6.07, 6.45) is 0. The van der Waals surface area contributed by atoms with Gasteiger partial charge in [-0.3, -0.25) is 0 Å². The van der Waals surface area contributed by atoms with Crippen LogP contribution in [0.3, 0.4) is 0 Å². The van der Waals surface area contributed by atoms with E-state index in [2.05, 4.69) is 32.0 Å². The van der Waals surface area contributed by atoms with Gasteiger partial charge in [-0.2, -0.15) is 18.5 Å². The Labute approximate surface area is 217 Å². The first kappa shape index (κ1) is 24.4. The first-order valence-electron chi connectivity index (χ1n) is 10.3. The Morgan fingerprint density at radius 1 is 1.06 bits per heavy atom. The van der Waals surface area contributed by atoms with Crippen molar-refractivity contribution in [3.8, 4) is 0 Å². The molecule has 0 radical (unpaired) electrons. The van der Waals surface area contributed by atoms with Gasteiger partial charge in [0.1, 0.15) is 0 Å². The lowest BCUT2D eigenvalue weighted by molar-refractivity contribution is 0.470. The topological polar surface area (TPSA) is 100 Å². The lowest BCUT2D eigenvalue weighted by Crippen LogP contribution is -2.27. The second kappa shape index (κ2) is 10.2. The third-order valence-electron chi connectivity index (χ3n) is 5.08. The zero-order valence-electron chi connectivity index (χ0n) is 18.1. The number of amidine groups is 1. The Bertz CT molecular complexity index is 1370. The van der Waals surface area contributed by atoms with E-state index in [0.29, 0.717) is 11.6 Å². The Morgan fingerprint density at radius 2 is 1.71 bits per heavy atom. The minimum Gasteiger partial charge on any atom is -0.387 e. The van der Waals surface area contributed by atoms with Crippen molar-refractivity contribution in [3.05, 3.63) is 98.6 Å². The summed E-state index contributed by atoms with van der Waals surface area (Å²) >= 11 is 8.19. The molecule has 1 unspecified atom stereocenters. The normalized spacial score (nSPS) is 17.1. The van der Waals surface area contributed by atoms with E-state index in [1.54, 1.807) is 31.2 Å². The van der Waals surface area contributed by atoms with E-state index in [-0.39, 0.29) is 22.6 Å². The van der Waals surface area contributed by atoms with Crippen LogP contribution in [0.5, 0.6) is 0 Å². The zero-order chi connectivity index (χ0) is 24.3. The molecule has 34 heavy (non-hydrogen) atoms. The second-order valence-electron chi connectivity index (χ2n) is 7.61. The molecule has 3 aromatic carbocycles. The Morgan fingerprint density at radius 3 is 2.32 bits per heavy atom. The average molecular weight is 606 g/mol. The lowest BCUT2D eigenvalue weighted by atomic mass is 9.91. The number of benzene rings is 3. The second-order valence-corrected chi connectivity index (χ2v) is 10.9. The molecule has 1 atom stereocenters. The first-order chi connectivity index (χ1) is 16.2. The summed E-state index contributed by atoms with van der Waals surface area (Å²) in [5.74, 6) is -0.0618. The highest BCUT2D eigenvalue weighted by molar-refractivity contribution is 14.1. The SMILES string of the molecule is C/C(N)=N\C(=N/S(=O)(=O)c1ccc(I)cc1)N1CC(c2ccccc2)C(c2ccc(Cl)cc2)=N1. The van der Waals surface area contributed by atoms with E-state index in [1.807, 2.05) is 42.5 Å². The molecule has 3 aromatic rings. The molecule has 0 aliphatic carbocycles. The summed E-state index contributed by atoms with van der Waals surface area (Å²) < 4.78 is 31.0. The number of nitrogens with zero attached hydrogens (tertiary/aromatic N) is 4. The monoisotopic (exact) mass is 605 g/mol. The third-order valence-corrected chi connectivity index (χ3v) is 7.32. The summed E-state index contributed by atoms with van der Waals surface area (Å²) in [7, 11) is -4.04. The maximum Gasteiger partial charge on any atom is 0.285 e. The molecule has 10 heteroatoms. The van der Waals surface area contributed by atoms with Gasteiger partial charge in [-0.25, -0.2) is 5.01 Å². The van der Waals surface area contributed by atoms with Crippen LogP contribution in [-0.4, -0.2) is 37.5 Å². The van der Waals surface area contributed by atoms with Crippen LogP contribution in [0.1, 0.15) is 24.0 Å². The van der Waals surface area contributed by atoms with Gasteiger partial charge in [0.25, 0.3) is 16.0 Å². The molecular weight excluding hydrogens is 585 g/mol. The molecule has 0 bridgehead atoms. The van der Waals surface area contributed by atoms with E-state index in [9.17, 15) is 8.42 Å². The average Bonchev–Trinajstić information content (AvgIpc) is 3.25. The van der Waals surface area contributed by atoms with E-state index >= 15 is 0 Å². The van der Waals surface area contributed by atoms with Gasteiger partial charge in [-0.05, 0) is 77.0 Å². The van der Waals surface area contributed by atoms with E-state index in [0.717, 1.165) is 20.4 Å². The van der Waals surface area contributed by atoms with Gasteiger partial charge in [-0.1, -0.05) is 54.1 Å². The number of aliphatic imine (C=N–C) groups is 1. The van der Waals surface area contributed by atoms with Crippen molar-refractivity contribution in [2.24, 2.45) is 20.2 Å². The third kappa shape index (κ3) is 5.65.